The fourth-order valence-corrected chi connectivity index (χ4v) is 1.96. The first-order valence-electron chi connectivity index (χ1n) is 6.36. The van der Waals surface area contributed by atoms with Crippen molar-refractivity contribution >= 4 is 5.82 Å². The zero-order chi connectivity index (χ0) is 14.5. The zero-order valence-corrected chi connectivity index (χ0v) is 11.8. The molecule has 0 spiro atoms. The first-order chi connectivity index (χ1) is 9.71. The highest BCUT2D eigenvalue weighted by Crippen LogP contribution is 2.26. The van der Waals surface area contributed by atoms with E-state index >= 15 is 0 Å². The molecule has 0 unspecified atom stereocenters. The van der Waals surface area contributed by atoms with Crippen LogP contribution in [0.1, 0.15) is 18.2 Å². The van der Waals surface area contributed by atoms with Gasteiger partial charge in [-0.2, -0.15) is 5.26 Å². The number of nitrogens with zero attached hydrogens (tertiary/aromatic N) is 3. The molecule has 0 radical (unpaired) electrons. The van der Waals surface area contributed by atoms with Crippen LogP contribution in [0.5, 0.6) is 5.75 Å². The van der Waals surface area contributed by atoms with Crippen molar-refractivity contribution in [1.82, 2.24) is 9.97 Å². The number of hydrogen-bond donors (Lipinski definition) is 1. The molecule has 0 saturated carbocycles. The van der Waals surface area contributed by atoms with Crippen molar-refractivity contribution in [3.05, 3.63) is 35.5 Å². The van der Waals surface area contributed by atoms with E-state index in [4.69, 9.17) is 10.00 Å². The van der Waals surface area contributed by atoms with Crippen LogP contribution >= 0.6 is 0 Å². The average molecular weight is 268 g/mol. The second-order valence-electron chi connectivity index (χ2n) is 4.20. The van der Waals surface area contributed by atoms with E-state index in [0.717, 1.165) is 23.3 Å². The van der Waals surface area contributed by atoms with Crippen LogP contribution in [-0.4, -0.2) is 24.1 Å². The minimum Gasteiger partial charge on any atom is -0.496 e. The predicted molar refractivity (Wildman–Crippen MR) is 77.7 cm³/mol. The predicted octanol–water partition coefficient (Wildman–Crippen LogP) is 2.63. The smallest absolute Gasteiger partial charge is 0.162 e. The van der Waals surface area contributed by atoms with E-state index in [2.05, 4.69) is 22.2 Å². The maximum absolute atomic E-state index is 9.02. The molecule has 0 aliphatic heterocycles. The lowest BCUT2D eigenvalue weighted by Gasteiger charge is -2.09. The standard InChI is InChI=1S/C15H16N4O/c1-4-10-7-11(5-6-13(10)20-3)15-18-12(9-16)8-14(17-2)19-15/h5-8H,4H2,1-3H3,(H,17,18,19). The minimum atomic E-state index is 0.341. The number of anilines is 1. The van der Waals surface area contributed by atoms with Gasteiger partial charge >= 0.3 is 0 Å². The van der Waals surface area contributed by atoms with Gasteiger partial charge < -0.3 is 10.1 Å². The molecule has 2 aromatic rings. The van der Waals surface area contributed by atoms with Crippen molar-refractivity contribution < 1.29 is 4.74 Å². The monoisotopic (exact) mass is 268 g/mol. The first-order valence-corrected chi connectivity index (χ1v) is 6.36. The summed E-state index contributed by atoms with van der Waals surface area (Å²) in [5.74, 6) is 2.01. The number of rotatable bonds is 4. The van der Waals surface area contributed by atoms with Crippen LogP contribution in [0.4, 0.5) is 5.82 Å². The number of nitrogens with one attached hydrogen (secondary N) is 1. The second-order valence-corrected chi connectivity index (χ2v) is 4.20. The number of ether oxygens (including phenoxy) is 1. The normalized spacial score (nSPS) is 9.90. The van der Waals surface area contributed by atoms with Crippen LogP contribution in [0.15, 0.2) is 24.3 Å². The largest absolute Gasteiger partial charge is 0.496 e. The molecular weight excluding hydrogens is 252 g/mol. The molecule has 1 heterocycles. The van der Waals surface area contributed by atoms with Gasteiger partial charge in [0.2, 0.25) is 0 Å². The van der Waals surface area contributed by atoms with Crippen molar-refractivity contribution in [1.29, 1.82) is 5.26 Å². The van der Waals surface area contributed by atoms with Crippen LogP contribution in [0, 0.1) is 11.3 Å². The van der Waals surface area contributed by atoms with E-state index in [1.807, 2.05) is 24.3 Å². The molecule has 0 atom stereocenters. The van der Waals surface area contributed by atoms with Crippen molar-refractivity contribution in [2.45, 2.75) is 13.3 Å². The summed E-state index contributed by atoms with van der Waals surface area (Å²) in [5.41, 5.74) is 2.30. The van der Waals surface area contributed by atoms with Crippen molar-refractivity contribution in [2.24, 2.45) is 0 Å². The summed E-state index contributed by atoms with van der Waals surface area (Å²) in [5, 5.41) is 12.0. The number of methoxy groups -OCH3 is 1. The molecule has 0 fully saturated rings. The third-order valence-corrected chi connectivity index (χ3v) is 3.02. The Morgan fingerprint density at radius 2 is 2.10 bits per heavy atom. The summed E-state index contributed by atoms with van der Waals surface area (Å²) in [6.45, 7) is 2.06. The molecule has 0 aliphatic carbocycles. The summed E-state index contributed by atoms with van der Waals surface area (Å²) in [7, 11) is 3.42. The lowest BCUT2D eigenvalue weighted by atomic mass is 10.1. The Morgan fingerprint density at radius 3 is 2.70 bits per heavy atom. The third kappa shape index (κ3) is 2.69. The first kappa shape index (κ1) is 13.8. The molecule has 5 nitrogen and oxygen atoms in total. The number of hydrogen-bond acceptors (Lipinski definition) is 5. The summed E-state index contributed by atoms with van der Waals surface area (Å²) < 4.78 is 5.31. The summed E-state index contributed by atoms with van der Waals surface area (Å²) >= 11 is 0. The molecule has 0 saturated heterocycles. The van der Waals surface area contributed by atoms with Crippen LogP contribution < -0.4 is 10.1 Å². The van der Waals surface area contributed by atoms with Gasteiger partial charge in [0.05, 0.1) is 7.11 Å². The van der Waals surface area contributed by atoms with Gasteiger partial charge in [-0.05, 0) is 30.2 Å². The highest BCUT2D eigenvalue weighted by molar-refractivity contribution is 5.61. The third-order valence-electron chi connectivity index (χ3n) is 3.02. The molecule has 102 valence electrons. The second kappa shape index (κ2) is 6.02. The van der Waals surface area contributed by atoms with Crippen LogP contribution in [0.25, 0.3) is 11.4 Å². The molecule has 0 bridgehead atoms. The molecule has 5 heteroatoms. The Hall–Kier alpha value is -2.61. The lowest BCUT2D eigenvalue weighted by Crippen LogP contribution is -2.00. The Bertz CT molecular complexity index is 661. The molecule has 1 aromatic heterocycles. The van der Waals surface area contributed by atoms with E-state index < -0.39 is 0 Å². The van der Waals surface area contributed by atoms with Crippen LogP contribution in [-0.2, 0) is 6.42 Å². The van der Waals surface area contributed by atoms with Gasteiger partial charge in [-0.1, -0.05) is 6.92 Å². The summed E-state index contributed by atoms with van der Waals surface area (Å²) in [6.07, 6.45) is 0.855. The van der Waals surface area contributed by atoms with E-state index in [9.17, 15) is 0 Å². The topological polar surface area (TPSA) is 70.8 Å². The quantitative estimate of drug-likeness (QED) is 0.923. The van der Waals surface area contributed by atoms with E-state index in [1.165, 1.54) is 0 Å². The van der Waals surface area contributed by atoms with Crippen molar-refractivity contribution in [2.75, 3.05) is 19.5 Å². The Morgan fingerprint density at radius 1 is 1.30 bits per heavy atom. The van der Waals surface area contributed by atoms with Crippen LogP contribution in [0.2, 0.25) is 0 Å². The van der Waals surface area contributed by atoms with Gasteiger partial charge in [0.25, 0.3) is 0 Å². The number of aromatic nitrogens is 2. The molecule has 0 aliphatic rings. The number of aryl methyl sites for hydroxylation is 1. The maximum atomic E-state index is 9.02. The van der Waals surface area contributed by atoms with E-state index in [0.29, 0.717) is 17.3 Å². The average Bonchev–Trinajstić information content (AvgIpc) is 2.53. The summed E-state index contributed by atoms with van der Waals surface area (Å²) in [4.78, 5) is 8.63. The van der Waals surface area contributed by atoms with E-state index in [-0.39, 0.29) is 0 Å². The fourth-order valence-electron chi connectivity index (χ4n) is 1.96. The van der Waals surface area contributed by atoms with Gasteiger partial charge in [-0.25, -0.2) is 9.97 Å². The number of benzene rings is 1. The molecule has 1 N–H and O–H groups in total. The van der Waals surface area contributed by atoms with Crippen molar-refractivity contribution in [3.63, 3.8) is 0 Å². The van der Waals surface area contributed by atoms with Gasteiger partial charge in [0, 0.05) is 18.7 Å². The van der Waals surface area contributed by atoms with Crippen LogP contribution in [0.3, 0.4) is 0 Å². The van der Waals surface area contributed by atoms with Gasteiger partial charge in [0.1, 0.15) is 23.3 Å². The Balaban J connectivity index is 2.53. The minimum absolute atomic E-state index is 0.341. The SMILES string of the molecule is CCc1cc(-c2nc(C#N)cc(NC)n2)ccc1OC. The molecule has 0 amide bonds. The lowest BCUT2D eigenvalue weighted by molar-refractivity contribution is 0.410. The van der Waals surface area contributed by atoms with Crippen molar-refractivity contribution in [3.8, 4) is 23.2 Å². The van der Waals surface area contributed by atoms with Gasteiger partial charge in [0.15, 0.2) is 5.82 Å². The maximum Gasteiger partial charge on any atom is 0.162 e. The van der Waals surface area contributed by atoms with Gasteiger partial charge in [-0.3, -0.25) is 0 Å². The highest BCUT2D eigenvalue weighted by atomic mass is 16.5. The van der Waals surface area contributed by atoms with Gasteiger partial charge in [-0.15, -0.1) is 0 Å². The Labute approximate surface area is 118 Å². The molecular formula is C15H16N4O. The molecule has 1 aromatic carbocycles. The fraction of sp³-hybridized carbons (Fsp3) is 0.267. The molecule has 20 heavy (non-hydrogen) atoms. The Kier molecular flexibility index (Phi) is 4.16. The summed E-state index contributed by atoms with van der Waals surface area (Å²) in [6, 6.07) is 9.46. The number of nitriles is 1. The van der Waals surface area contributed by atoms with E-state index in [1.54, 1.807) is 20.2 Å². The molecule has 2 rings (SSSR count). The highest BCUT2D eigenvalue weighted by Gasteiger charge is 2.09. The zero-order valence-electron chi connectivity index (χ0n) is 11.8.